The molecule has 0 saturated carbocycles. The maximum Gasteiger partial charge on any atom is 0.193 e. The maximum atomic E-state index is 5.37. The van der Waals surface area contributed by atoms with Crippen molar-refractivity contribution in [3.05, 3.63) is 39.8 Å². The second kappa shape index (κ2) is 12.0. The minimum Gasteiger partial charge on any atom is -0.493 e. The van der Waals surface area contributed by atoms with Crippen molar-refractivity contribution in [2.75, 3.05) is 41.4 Å². The summed E-state index contributed by atoms with van der Waals surface area (Å²) in [5.41, 5.74) is 1.20. The average molecular weight is 504 g/mol. The molecule has 0 aliphatic rings. The van der Waals surface area contributed by atoms with Crippen LogP contribution in [0.25, 0.3) is 0 Å². The number of aromatic nitrogens is 1. The summed E-state index contributed by atoms with van der Waals surface area (Å²) >= 11 is 1.74. The number of aliphatic imine (C=N–C) groups is 1. The largest absolute Gasteiger partial charge is 0.493 e. The van der Waals surface area contributed by atoms with Gasteiger partial charge in [-0.2, -0.15) is 0 Å². The van der Waals surface area contributed by atoms with Crippen LogP contribution in [0, 0.1) is 6.92 Å². The van der Waals surface area contributed by atoms with Crippen LogP contribution in [0.1, 0.15) is 15.4 Å². The zero-order chi connectivity index (χ0) is 18.9. The Morgan fingerprint density at radius 3 is 2.56 bits per heavy atom. The van der Waals surface area contributed by atoms with Crippen LogP contribution >= 0.6 is 35.3 Å². The van der Waals surface area contributed by atoms with Gasteiger partial charge in [-0.05, 0) is 31.0 Å². The van der Waals surface area contributed by atoms with Gasteiger partial charge in [0.2, 0.25) is 0 Å². The summed E-state index contributed by atoms with van der Waals surface area (Å²) in [4.78, 5) is 12.1. The Labute approximate surface area is 183 Å². The molecule has 0 amide bonds. The van der Waals surface area contributed by atoms with Gasteiger partial charge in [-0.15, -0.1) is 35.3 Å². The molecule has 6 nitrogen and oxygen atoms in total. The second-order valence-corrected chi connectivity index (χ2v) is 7.27. The fourth-order valence-electron chi connectivity index (χ4n) is 2.62. The monoisotopic (exact) mass is 504 g/mol. The van der Waals surface area contributed by atoms with E-state index in [9.17, 15) is 0 Å². The van der Waals surface area contributed by atoms with Crippen molar-refractivity contribution in [1.29, 1.82) is 0 Å². The van der Waals surface area contributed by atoms with Gasteiger partial charge in [-0.3, -0.25) is 4.99 Å². The molecule has 0 unspecified atom stereocenters. The molecule has 0 aliphatic carbocycles. The summed E-state index contributed by atoms with van der Waals surface area (Å²) in [5.74, 6) is 2.40. The van der Waals surface area contributed by atoms with E-state index in [1.807, 2.05) is 32.4 Å². The molecule has 1 aromatic heterocycles. The predicted molar refractivity (Wildman–Crippen MR) is 123 cm³/mol. The smallest absolute Gasteiger partial charge is 0.193 e. The summed E-state index contributed by atoms with van der Waals surface area (Å²) in [6, 6.07) is 6.03. The number of nitrogens with one attached hydrogen (secondary N) is 1. The van der Waals surface area contributed by atoms with Gasteiger partial charge >= 0.3 is 0 Å². The van der Waals surface area contributed by atoms with Gasteiger partial charge in [0.25, 0.3) is 0 Å². The minimum atomic E-state index is 0. The zero-order valence-corrected chi connectivity index (χ0v) is 19.8. The highest BCUT2D eigenvalue weighted by Gasteiger charge is 2.09. The molecule has 2 aromatic rings. The number of methoxy groups -OCH3 is 2. The number of hydrogen-bond donors (Lipinski definition) is 1. The van der Waals surface area contributed by atoms with Crippen molar-refractivity contribution in [3.63, 3.8) is 0 Å². The lowest BCUT2D eigenvalue weighted by atomic mass is 10.1. The van der Waals surface area contributed by atoms with Gasteiger partial charge in [-0.25, -0.2) is 4.98 Å². The van der Waals surface area contributed by atoms with Gasteiger partial charge in [-0.1, -0.05) is 6.07 Å². The molecule has 0 saturated heterocycles. The van der Waals surface area contributed by atoms with E-state index in [2.05, 4.69) is 33.2 Å². The third-order valence-corrected chi connectivity index (χ3v) is 5.02. The number of aryl methyl sites for hydroxylation is 1. The van der Waals surface area contributed by atoms with Crippen LogP contribution in [-0.2, 0) is 12.8 Å². The third-order valence-electron chi connectivity index (χ3n) is 4.05. The number of benzene rings is 1. The Hall–Kier alpha value is -1.55. The Morgan fingerprint density at radius 1 is 1.22 bits per heavy atom. The van der Waals surface area contributed by atoms with Crippen molar-refractivity contribution >= 4 is 41.3 Å². The Balaban J connectivity index is 0.00000364. The molecule has 0 spiro atoms. The number of rotatable bonds is 8. The molecular weight excluding hydrogens is 475 g/mol. The number of likely N-dealkylation sites (N-methyl/N-ethyl adjacent to an activating group) is 1. The number of nitrogens with zero attached hydrogens (tertiary/aromatic N) is 3. The Bertz CT molecular complexity index is 736. The molecule has 2 rings (SSSR count). The predicted octanol–water partition coefficient (Wildman–Crippen LogP) is 3.38. The standard InChI is InChI=1S/C19H28N4O2S.HI/c1-14-13-22-18(26-14)8-10-21-19(20-2)23(3)11-9-15-6-7-16(24-4)17(12-15)25-5;/h6-7,12-13H,8-11H2,1-5H3,(H,20,21);1H. The van der Waals surface area contributed by atoms with Crippen LogP contribution < -0.4 is 14.8 Å². The SMILES string of the molecule is CN=C(NCCc1ncc(C)s1)N(C)CCc1ccc(OC)c(OC)c1.I. The third kappa shape index (κ3) is 7.17. The summed E-state index contributed by atoms with van der Waals surface area (Å²) in [5, 5.41) is 4.55. The first-order valence-electron chi connectivity index (χ1n) is 8.61. The Morgan fingerprint density at radius 2 is 1.96 bits per heavy atom. The van der Waals surface area contributed by atoms with E-state index in [1.165, 1.54) is 10.4 Å². The van der Waals surface area contributed by atoms with Gasteiger partial charge in [0.15, 0.2) is 17.5 Å². The fourth-order valence-corrected chi connectivity index (χ4v) is 3.41. The molecule has 27 heavy (non-hydrogen) atoms. The molecule has 1 heterocycles. The number of ether oxygens (including phenoxy) is 2. The van der Waals surface area contributed by atoms with Gasteiger partial charge in [0.1, 0.15) is 0 Å². The summed E-state index contributed by atoms with van der Waals surface area (Å²) < 4.78 is 10.7. The summed E-state index contributed by atoms with van der Waals surface area (Å²) in [6.45, 7) is 3.75. The zero-order valence-electron chi connectivity index (χ0n) is 16.6. The van der Waals surface area contributed by atoms with E-state index >= 15 is 0 Å². The number of halogens is 1. The molecule has 1 N–H and O–H groups in total. The molecule has 150 valence electrons. The summed E-state index contributed by atoms with van der Waals surface area (Å²) in [7, 11) is 7.16. The Kier molecular flexibility index (Phi) is 10.5. The highest BCUT2D eigenvalue weighted by molar-refractivity contribution is 14.0. The van der Waals surface area contributed by atoms with Crippen molar-refractivity contribution in [2.45, 2.75) is 19.8 Å². The van der Waals surface area contributed by atoms with Crippen molar-refractivity contribution < 1.29 is 9.47 Å². The van der Waals surface area contributed by atoms with Crippen molar-refractivity contribution in [3.8, 4) is 11.5 Å². The van der Waals surface area contributed by atoms with E-state index in [0.29, 0.717) is 0 Å². The van der Waals surface area contributed by atoms with Crippen LogP contribution in [0.15, 0.2) is 29.4 Å². The second-order valence-electron chi connectivity index (χ2n) is 5.95. The van der Waals surface area contributed by atoms with E-state index in [-0.39, 0.29) is 24.0 Å². The lowest BCUT2D eigenvalue weighted by Crippen LogP contribution is -2.40. The van der Waals surface area contributed by atoms with Crippen LogP contribution in [-0.4, -0.2) is 57.2 Å². The quantitative estimate of drug-likeness (QED) is 0.340. The normalized spacial score (nSPS) is 10.9. The molecule has 0 bridgehead atoms. The first-order valence-corrected chi connectivity index (χ1v) is 9.43. The highest BCUT2D eigenvalue weighted by Crippen LogP contribution is 2.27. The molecular formula is C19H29IN4O2S. The van der Waals surface area contributed by atoms with Crippen LogP contribution in [0.4, 0.5) is 0 Å². The van der Waals surface area contributed by atoms with Crippen LogP contribution in [0.5, 0.6) is 11.5 Å². The fraction of sp³-hybridized carbons (Fsp3) is 0.474. The molecule has 1 aromatic carbocycles. The lowest BCUT2D eigenvalue weighted by molar-refractivity contribution is 0.354. The topological polar surface area (TPSA) is 59.0 Å². The lowest BCUT2D eigenvalue weighted by Gasteiger charge is -2.22. The average Bonchev–Trinajstić information content (AvgIpc) is 3.08. The van der Waals surface area contributed by atoms with Gasteiger partial charge in [0.05, 0.1) is 19.2 Å². The number of guanidine groups is 1. The van der Waals surface area contributed by atoms with Crippen molar-refractivity contribution in [2.24, 2.45) is 4.99 Å². The van der Waals surface area contributed by atoms with E-state index < -0.39 is 0 Å². The van der Waals surface area contributed by atoms with Gasteiger partial charge in [0, 0.05) is 44.7 Å². The summed E-state index contributed by atoms with van der Waals surface area (Å²) in [6.07, 6.45) is 3.72. The van der Waals surface area contributed by atoms with E-state index in [0.717, 1.165) is 48.4 Å². The molecule has 0 atom stereocenters. The minimum absolute atomic E-state index is 0. The molecule has 0 fully saturated rings. The van der Waals surface area contributed by atoms with Gasteiger partial charge < -0.3 is 19.7 Å². The first-order chi connectivity index (χ1) is 12.6. The molecule has 8 heteroatoms. The van der Waals surface area contributed by atoms with Crippen molar-refractivity contribution in [1.82, 2.24) is 15.2 Å². The molecule has 0 radical (unpaired) electrons. The number of thiazole rings is 1. The van der Waals surface area contributed by atoms with Crippen LogP contribution in [0.2, 0.25) is 0 Å². The first kappa shape index (κ1) is 23.5. The maximum absolute atomic E-state index is 5.37. The van der Waals surface area contributed by atoms with Crippen LogP contribution in [0.3, 0.4) is 0 Å². The number of hydrogen-bond acceptors (Lipinski definition) is 5. The van der Waals surface area contributed by atoms with E-state index in [4.69, 9.17) is 9.47 Å². The van der Waals surface area contributed by atoms with E-state index in [1.54, 1.807) is 25.6 Å². The highest BCUT2D eigenvalue weighted by atomic mass is 127. The molecule has 0 aliphatic heterocycles.